The summed E-state index contributed by atoms with van der Waals surface area (Å²) in [5.74, 6) is -1.36. The Hall–Kier alpha value is -1.39. The predicted molar refractivity (Wildman–Crippen MR) is 35.4 cm³/mol. The lowest BCUT2D eigenvalue weighted by Crippen LogP contribution is -2.52. The van der Waals surface area contributed by atoms with E-state index in [0.29, 0.717) is 19.5 Å². The summed E-state index contributed by atoms with van der Waals surface area (Å²) < 4.78 is 0. The summed E-state index contributed by atoms with van der Waals surface area (Å²) in [5, 5.41) is 0. The quantitative estimate of drug-likeness (QED) is 0.341. The monoisotopic (exact) mass is 156 g/mol. The van der Waals surface area contributed by atoms with Gasteiger partial charge in [-0.1, -0.05) is 0 Å². The van der Waals surface area contributed by atoms with Crippen LogP contribution in [0, 0.1) is 0 Å². The molecule has 1 saturated heterocycles. The lowest BCUT2D eigenvalue weighted by atomic mass is 10.3. The molecule has 0 bridgehead atoms. The van der Waals surface area contributed by atoms with Crippen LogP contribution in [0.4, 0.5) is 0 Å². The molecule has 11 heavy (non-hydrogen) atoms. The molecule has 3 amide bonds. The molecule has 0 aromatic rings. The highest BCUT2D eigenvalue weighted by Crippen LogP contribution is 1.99. The van der Waals surface area contributed by atoms with Gasteiger partial charge in [0.15, 0.2) is 0 Å². The molecular formula is C6H8N2O3. The molecular weight excluding hydrogens is 148 g/mol. The van der Waals surface area contributed by atoms with Gasteiger partial charge < -0.3 is 4.90 Å². The second-order valence-electron chi connectivity index (χ2n) is 2.33. The van der Waals surface area contributed by atoms with Crippen molar-refractivity contribution in [1.82, 2.24) is 9.80 Å². The number of imide groups is 1. The van der Waals surface area contributed by atoms with Crippen LogP contribution in [0.3, 0.4) is 0 Å². The van der Waals surface area contributed by atoms with Crippen LogP contribution in [-0.4, -0.2) is 48.2 Å². The molecule has 0 aromatic heterocycles. The van der Waals surface area contributed by atoms with Gasteiger partial charge in [-0.15, -0.1) is 0 Å². The van der Waals surface area contributed by atoms with Crippen molar-refractivity contribution in [2.75, 3.05) is 20.1 Å². The number of hydrogen-bond acceptors (Lipinski definition) is 3. The molecule has 1 aliphatic rings. The third kappa shape index (κ3) is 1.21. The minimum Gasteiger partial charge on any atom is -0.336 e. The third-order valence-electron chi connectivity index (χ3n) is 1.59. The van der Waals surface area contributed by atoms with Crippen LogP contribution in [-0.2, 0) is 14.4 Å². The van der Waals surface area contributed by atoms with Crippen molar-refractivity contribution in [1.29, 1.82) is 0 Å². The van der Waals surface area contributed by atoms with Crippen molar-refractivity contribution in [2.45, 2.75) is 0 Å². The van der Waals surface area contributed by atoms with Gasteiger partial charge in [-0.3, -0.25) is 19.3 Å². The number of likely N-dealkylation sites (N-methyl/N-ethyl adjacent to an activating group) is 1. The molecule has 0 aromatic carbocycles. The molecule has 1 heterocycles. The van der Waals surface area contributed by atoms with E-state index in [4.69, 9.17) is 0 Å². The fraction of sp³-hybridized carbons (Fsp3) is 0.500. The van der Waals surface area contributed by atoms with Gasteiger partial charge in [0, 0.05) is 20.1 Å². The average Bonchev–Trinajstić information content (AvgIpc) is 2.01. The zero-order chi connectivity index (χ0) is 8.43. The number of hydrogen-bond donors (Lipinski definition) is 0. The van der Waals surface area contributed by atoms with Gasteiger partial charge in [0.05, 0.1) is 0 Å². The van der Waals surface area contributed by atoms with Gasteiger partial charge in [0.25, 0.3) is 0 Å². The lowest BCUT2D eigenvalue weighted by Gasteiger charge is -2.26. The van der Waals surface area contributed by atoms with E-state index in [-0.39, 0.29) is 0 Å². The van der Waals surface area contributed by atoms with Crippen LogP contribution in [0.1, 0.15) is 0 Å². The Labute approximate surface area is 63.6 Å². The van der Waals surface area contributed by atoms with Crippen LogP contribution in [0.25, 0.3) is 0 Å². The molecule has 1 aliphatic heterocycles. The van der Waals surface area contributed by atoms with Crippen molar-refractivity contribution in [3.63, 3.8) is 0 Å². The molecule has 0 spiro atoms. The van der Waals surface area contributed by atoms with Crippen molar-refractivity contribution in [3.8, 4) is 0 Å². The third-order valence-corrected chi connectivity index (χ3v) is 1.59. The number of carbonyl (C=O) groups is 3. The van der Waals surface area contributed by atoms with E-state index in [1.807, 2.05) is 0 Å². The van der Waals surface area contributed by atoms with Crippen molar-refractivity contribution in [3.05, 3.63) is 0 Å². The summed E-state index contributed by atoms with van der Waals surface area (Å²) in [6.45, 7) is 0.716. The first-order valence-corrected chi connectivity index (χ1v) is 3.18. The summed E-state index contributed by atoms with van der Waals surface area (Å²) in [6, 6.07) is 0. The minimum atomic E-state index is -0.742. The highest BCUT2D eigenvalue weighted by molar-refractivity contribution is 6.37. The van der Waals surface area contributed by atoms with Crippen molar-refractivity contribution < 1.29 is 14.4 Å². The molecule has 0 N–H and O–H groups in total. The normalized spacial score (nSPS) is 19.0. The number of rotatable bonds is 1. The number of amides is 3. The van der Waals surface area contributed by atoms with E-state index in [1.54, 1.807) is 0 Å². The fourth-order valence-corrected chi connectivity index (χ4v) is 0.848. The van der Waals surface area contributed by atoms with Crippen LogP contribution >= 0.6 is 0 Å². The Bertz CT molecular complexity index is 214. The lowest BCUT2D eigenvalue weighted by molar-refractivity contribution is -0.157. The van der Waals surface area contributed by atoms with E-state index >= 15 is 0 Å². The van der Waals surface area contributed by atoms with Crippen LogP contribution in [0.2, 0.25) is 0 Å². The van der Waals surface area contributed by atoms with Gasteiger partial charge in [-0.25, -0.2) is 0 Å². The zero-order valence-corrected chi connectivity index (χ0v) is 6.11. The number of piperazine rings is 1. The molecule has 0 atom stereocenters. The van der Waals surface area contributed by atoms with Gasteiger partial charge >= 0.3 is 11.8 Å². The Morgan fingerprint density at radius 1 is 1.27 bits per heavy atom. The summed E-state index contributed by atoms with van der Waals surface area (Å²) in [4.78, 5) is 34.1. The average molecular weight is 156 g/mol. The van der Waals surface area contributed by atoms with Crippen LogP contribution in [0.15, 0.2) is 0 Å². The second kappa shape index (κ2) is 2.69. The van der Waals surface area contributed by atoms with E-state index in [9.17, 15) is 14.4 Å². The highest BCUT2D eigenvalue weighted by Gasteiger charge is 2.29. The molecule has 0 aliphatic carbocycles. The summed E-state index contributed by atoms with van der Waals surface area (Å²) >= 11 is 0. The standard InChI is InChI=1S/C6H8N2O3/c1-7-2-3-8(4-9)6(11)5(7)10/h4H,2-3H2,1H3. The van der Waals surface area contributed by atoms with Crippen molar-refractivity contribution >= 4 is 18.2 Å². The maximum Gasteiger partial charge on any atom is 0.318 e. The topological polar surface area (TPSA) is 57.7 Å². The Morgan fingerprint density at radius 3 is 2.45 bits per heavy atom. The molecule has 1 rings (SSSR count). The summed E-state index contributed by atoms with van der Waals surface area (Å²) in [6.07, 6.45) is 0.382. The Balaban J connectivity index is 2.74. The maximum atomic E-state index is 10.9. The van der Waals surface area contributed by atoms with E-state index in [1.165, 1.54) is 11.9 Å². The molecule has 60 valence electrons. The largest absolute Gasteiger partial charge is 0.336 e. The molecule has 1 fully saturated rings. The van der Waals surface area contributed by atoms with E-state index < -0.39 is 11.8 Å². The van der Waals surface area contributed by atoms with Crippen LogP contribution < -0.4 is 0 Å². The van der Waals surface area contributed by atoms with Gasteiger partial charge in [-0.2, -0.15) is 0 Å². The molecule has 0 unspecified atom stereocenters. The van der Waals surface area contributed by atoms with Crippen LogP contribution in [0.5, 0.6) is 0 Å². The first-order valence-electron chi connectivity index (χ1n) is 3.18. The molecule has 5 heteroatoms. The Kier molecular flexibility index (Phi) is 1.89. The smallest absolute Gasteiger partial charge is 0.318 e. The van der Waals surface area contributed by atoms with Gasteiger partial charge in [0.1, 0.15) is 0 Å². The minimum absolute atomic E-state index is 0.296. The summed E-state index contributed by atoms with van der Waals surface area (Å²) in [7, 11) is 1.53. The maximum absolute atomic E-state index is 10.9. The fourth-order valence-electron chi connectivity index (χ4n) is 0.848. The number of nitrogens with zero attached hydrogens (tertiary/aromatic N) is 2. The second-order valence-corrected chi connectivity index (χ2v) is 2.33. The predicted octanol–water partition coefficient (Wildman–Crippen LogP) is -1.56. The first-order chi connectivity index (χ1) is 5.16. The van der Waals surface area contributed by atoms with Gasteiger partial charge in [-0.05, 0) is 0 Å². The zero-order valence-electron chi connectivity index (χ0n) is 6.11. The highest BCUT2D eigenvalue weighted by atomic mass is 16.2. The molecule has 5 nitrogen and oxygen atoms in total. The van der Waals surface area contributed by atoms with Crippen molar-refractivity contribution in [2.24, 2.45) is 0 Å². The van der Waals surface area contributed by atoms with Gasteiger partial charge in [0.2, 0.25) is 6.41 Å². The number of carbonyl (C=O) groups excluding carboxylic acids is 3. The molecule has 0 saturated carbocycles. The SMILES string of the molecule is CN1CCN(C=O)C(=O)C1=O. The first kappa shape index (κ1) is 7.71. The Morgan fingerprint density at radius 2 is 1.91 bits per heavy atom. The van der Waals surface area contributed by atoms with E-state index in [2.05, 4.69) is 0 Å². The summed E-state index contributed by atoms with van der Waals surface area (Å²) in [5.41, 5.74) is 0. The molecule has 0 radical (unpaired) electrons. The van der Waals surface area contributed by atoms with E-state index in [0.717, 1.165) is 4.90 Å².